The van der Waals surface area contributed by atoms with Crippen LogP contribution in [-0.2, 0) is 0 Å². The normalized spacial score (nSPS) is 46.1. The zero-order valence-electron chi connectivity index (χ0n) is 10.2. The largest absolute Gasteiger partial charge is 0.312 e. The molecule has 4 rings (SSSR count). The van der Waals surface area contributed by atoms with E-state index in [0.717, 1.165) is 30.0 Å². The van der Waals surface area contributed by atoms with Crippen molar-refractivity contribution in [3.05, 3.63) is 0 Å². The Hall–Kier alpha value is -0.570. The monoisotopic (exact) mass is 221 g/mol. The predicted octanol–water partition coefficient (Wildman–Crippen LogP) is 2.08. The van der Waals surface area contributed by atoms with Crippen molar-refractivity contribution >= 4 is 5.84 Å². The first-order chi connectivity index (χ1) is 7.73. The molecule has 4 saturated carbocycles. The molecule has 90 valence electrons. The number of hydrogen-bond acceptors (Lipinski definition) is 2. The first kappa shape index (κ1) is 10.6. The van der Waals surface area contributed by atoms with Gasteiger partial charge in [-0.3, -0.25) is 4.99 Å². The van der Waals surface area contributed by atoms with Crippen LogP contribution in [0, 0.1) is 23.2 Å². The average Bonchev–Trinajstić information content (AvgIpc) is 2.24. The van der Waals surface area contributed by atoms with Gasteiger partial charge < -0.3 is 5.43 Å². The molecular weight excluding hydrogens is 198 g/mol. The number of nitrogens with two attached hydrogens (primary N) is 1. The maximum Gasteiger partial charge on any atom is 0.110 e. The summed E-state index contributed by atoms with van der Waals surface area (Å²) in [5.74, 6) is 9.58. The number of nitrogens with one attached hydrogen (secondary N) is 1. The molecule has 0 amide bonds. The van der Waals surface area contributed by atoms with E-state index in [0.29, 0.717) is 5.41 Å². The zero-order valence-corrected chi connectivity index (χ0v) is 10.2. The summed E-state index contributed by atoms with van der Waals surface area (Å²) in [5, 5.41) is 0. The lowest BCUT2D eigenvalue weighted by Gasteiger charge is -2.57. The summed E-state index contributed by atoms with van der Waals surface area (Å²) in [5.41, 5.74) is 3.33. The van der Waals surface area contributed by atoms with E-state index in [9.17, 15) is 0 Å². The number of hydrogen-bond donors (Lipinski definition) is 2. The van der Waals surface area contributed by atoms with E-state index in [-0.39, 0.29) is 0 Å². The van der Waals surface area contributed by atoms with Crippen LogP contribution < -0.4 is 11.3 Å². The van der Waals surface area contributed by atoms with Gasteiger partial charge in [-0.1, -0.05) is 0 Å². The highest BCUT2D eigenvalue weighted by Gasteiger charge is 2.50. The molecule has 0 aliphatic heterocycles. The van der Waals surface area contributed by atoms with Gasteiger partial charge in [-0.15, -0.1) is 0 Å². The molecule has 0 radical (unpaired) electrons. The minimum Gasteiger partial charge on any atom is -0.312 e. The Morgan fingerprint density at radius 1 is 1.19 bits per heavy atom. The molecule has 4 aliphatic rings. The second-order valence-corrected chi connectivity index (χ2v) is 6.41. The van der Waals surface area contributed by atoms with Crippen LogP contribution in [0.15, 0.2) is 4.99 Å². The number of hydrazine groups is 1. The molecule has 16 heavy (non-hydrogen) atoms. The summed E-state index contributed by atoms with van der Waals surface area (Å²) < 4.78 is 0. The van der Waals surface area contributed by atoms with Crippen molar-refractivity contribution in [2.24, 2.45) is 34.0 Å². The molecule has 3 nitrogen and oxygen atoms in total. The number of aliphatic imine (C=N–C) groups is 1. The van der Waals surface area contributed by atoms with Gasteiger partial charge >= 0.3 is 0 Å². The topological polar surface area (TPSA) is 50.4 Å². The standard InChI is InChI=1S/C13H23N3/c1-15-12(16-14)8-13-5-9-2-10(6-13)4-11(3-9)7-13/h9-11H,2-8,14H2,1H3,(H,15,16). The molecule has 4 fully saturated rings. The minimum atomic E-state index is 0.552. The Morgan fingerprint density at radius 3 is 2.06 bits per heavy atom. The highest BCUT2D eigenvalue weighted by molar-refractivity contribution is 5.82. The molecule has 4 bridgehead atoms. The van der Waals surface area contributed by atoms with Gasteiger partial charge in [0.1, 0.15) is 5.84 Å². The van der Waals surface area contributed by atoms with E-state index in [1.807, 2.05) is 7.05 Å². The lowest BCUT2D eigenvalue weighted by Crippen LogP contribution is -2.48. The first-order valence-corrected chi connectivity index (χ1v) is 6.65. The molecule has 0 spiro atoms. The molecule has 0 aromatic heterocycles. The second kappa shape index (κ2) is 3.73. The lowest BCUT2D eigenvalue weighted by molar-refractivity contribution is -0.0485. The highest BCUT2D eigenvalue weighted by atomic mass is 15.2. The zero-order chi connectivity index (χ0) is 11.2. The van der Waals surface area contributed by atoms with Crippen LogP contribution in [0.3, 0.4) is 0 Å². The first-order valence-electron chi connectivity index (χ1n) is 6.65. The Labute approximate surface area is 97.9 Å². The van der Waals surface area contributed by atoms with Crippen molar-refractivity contribution in [1.82, 2.24) is 5.43 Å². The van der Waals surface area contributed by atoms with Gasteiger partial charge in [0.25, 0.3) is 0 Å². The van der Waals surface area contributed by atoms with E-state index in [2.05, 4.69) is 10.4 Å². The molecule has 0 heterocycles. The van der Waals surface area contributed by atoms with Gasteiger partial charge in [0.15, 0.2) is 0 Å². The molecule has 0 aromatic carbocycles. The van der Waals surface area contributed by atoms with Crippen LogP contribution in [0.2, 0.25) is 0 Å². The third kappa shape index (κ3) is 1.65. The summed E-state index contributed by atoms with van der Waals surface area (Å²) in [6.45, 7) is 0. The van der Waals surface area contributed by atoms with Crippen molar-refractivity contribution in [1.29, 1.82) is 0 Å². The van der Waals surface area contributed by atoms with Crippen LogP contribution in [0.4, 0.5) is 0 Å². The van der Waals surface area contributed by atoms with Crippen molar-refractivity contribution in [2.75, 3.05) is 7.05 Å². The maximum absolute atomic E-state index is 5.53. The fourth-order valence-corrected chi connectivity index (χ4v) is 5.06. The Kier molecular flexibility index (Phi) is 2.46. The van der Waals surface area contributed by atoms with Crippen LogP contribution in [0.5, 0.6) is 0 Å². The van der Waals surface area contributed by atoms with Gasteiger partial charge in [-0.25, -0.2) is 5.84 Å². The van der Waals surface area contributed by atoms with E-state index < -0.39 is 0 Å². The maximum atomic E-state index is 5.53. The van der Waals surface area contributed by atoms with E-state index in [1.165, 1.54) is 38.5 Å². The summed E-state index contributed by atoms with van der Waals surface area (Å²) >= 11 is 0. The molecule has 3 N–H and O–H groups in total. The van der Waals surface area contributed by atoms with Crippen LogP contribution in [-0.4, -0.2) is 12.9 Å². The fourth-order valence-electron chi connectivity index (χ4n) is 5.06. The molecule has 0 unspecified atom stereocenters. The summed E-state index contributed by atoms with van der Waals surface area (Å²) in [6.07, 6.45) is 9.90. The highest BCUT2D eigenvalue weighted by Crippen LogP contribution is 2.61. The van der Waals surface area contributed by atoms with Gasteiger partial charge in [0.05, 0.1) is 0 Å². The quantitative estimate of drug-likeness (QED) is 0.325. The van der Waals surface area contributed by atoms with E-state index >= 15 is 0 Å². The Bertz CT molecular complexity index is 273. The van der Waals surface area contributed by atoms with Crippen molar-refractivity contribution in [3.63, 3.8) is 0 Å². The lowest BCUT2D eigenvalue weighted by atomic mass is 9.49. The summed E-state index contributed by atoms with van der Waals surface area (Å²) in [4.78, 5) is 4.26. The average molecular weight is 221 g/mol. The summed E-state index contributed by atoms with van der Waals surface area (Å²) in [7, 11) is 1.84. The second-order valence-electron chi connectivity index (χ2n) is 6.41. The minimum absolute atomic E-state index is 0.552. The summed E-state index contributed by atoms with van der Waals surface area (Å²) in [6, 6.07) is 0. The van der Waals surface area contributed by atoms with E-state index in [1.54, 1.807) is 0 Å². The number of nitrogens with zero attached hydrogens (tertiary/aromatic N) is 1. The Balaban J connectivity index is 1.78. The third-order valence-corrected chi connectivity index (χ3v) is 5.14. The van der Waals surface area contributed by atoms with E-state index in [4.69, 9.17) is 5.84 Å². The van der Waals surface area contributed by atoms with Crippen molar-refractivity contribution in [3.8, 4) is 0 Å². The smallest absolute Gasteiger partial charge is 0.110 e. The fraction of sp³-hybridized carbons (Fsp3) is 0.923. The number of rotatable bonds is 2. The number of amidine groups is 1. The van der Waals surface area contributed by atoms with Gasteiger partial charge in [-0.2, -0.15) is 0 Å². The van der Waals surface area contributed by atoms with Crippen LogP contribution in [0.1, 0.15) is 44.9 Å². The molecule has 0 saturated heterocycles. The third-order valence-electron chi connectivity index (χ3n) is 5.14. The molecule has 0 atom stereocenters. The predicted molar refractivity (Wildman–Crippen MR) is 65.9 cm³/mol. The van der Waals surface area contributed by atoms with Crippen LogP contribution >= 0.6 is 0 Å². The molecule has 3 heteroatoms. The van der Waals surface area contributed by atoms with Gasteiger partial charge in [-0.05, 0) is 61.7 Å². The van der Waals surface area contributed by atoms with Crippen molar-refractivity contribution in [2.45, 2.75) is 44.9 Å². The van der Waals surface area contributed by atoms with Crippen LogP contribution in [0.25, 0.3) is 0 Å². The SMILES string of the molecule is CN=C(CC12CC3CC(CC(C3)C1)C2)NN. The van der Waals surface area contributed by atoms with Gasteiger partial charge in [0, 0.05) is 13.5 Å². The van der Waals surface area contributed by atoms with Gasteiger partial charge in [0.2, 0.25) is 0 Å². The molecular formula is C13H23N3. The Morgan fingerprint density at radius 2 is 1.69 bits per heavy atom. The molecule has 4 aliphatic carbocycles. The molecule has 0 aromatic rings. The van der Waals surface area contributed by atoms with Crippen molar-refractivity contribution < 1.29 is 0 Å².